The molecule has 166 valence electrons. The van der Waals surface area contributed by atoms with E-state index in [1.807, 2.05) is 42.2 Å². The predicted octanol–water partition coefficient (Wildman–Crippen LogP) is 4.06. The zero-order valence-electron chi connectivity index (χ0n) is 17.2. The van der Waals surface area contributed by atoms with Crippen LogP contribution in [0.15, 0.2) is 59.2 Å². The summed E-state index contributed by atoms with van der Waals surface area (Å²) in [6, 6.07) is 10.6. The third kappa shape index (κ3) is 5.92. The molecule has 0 aromatic heterocycles. The van der Waals surface area contributed by atoms with Crippen LogP contribution in [0.4, 0.5) is 0 Å². The maximum absolute atomic E-state index is 12.6. The lowest BCUT2D eigenvalue weighted by Crippen LogP contribution is -2.30. The minimum absolute atomic E-state index is 0.00784. The van der Waals surface area contributed by atoms with Crippen molar-refractivity contribution >= 4 is 47.0 Å². The van der Waals surface area contributed by atoms with Gasteiger partial charge < -0.3 is 22.8 Å². The van der Waals surface area contributed by atoms with Gasteiger partial charge in [-0.3, -0.25) is 0 Å². The van der Waals surface area contributed by atoms with E-state index in [4.69, 9.17) is 22.8 Å². The Morgan fingerprint density at radius 3 is 2.32 bits per heavy atom. The van der Waals surface area contributed by atoms with Crippen molar-refractivity contribution in [3.63, 3.8) is 0 Å². The Morgan fingerprint density at radius 2 is 1.71 bits per heavy atom. The van der Waals surface area contributed by atoms with Gasteiger partial charge in [-0.2, -0.15) is 8.42 Å². The molecule has 2 aromatic carbocycles. The zero-order chi connectivity index (χ0) is 22.8. The number of hydrogen-bond donors (Lipinski definition) is 0. The fourth-order valence-electron chi connectivity index (χ4n) is 2.60. The lowest BCUT2D eigenvalue weighted by Gasteiger charge is -2.24. The van der Waals surface area contributed by atoms with Crippen molar-refractivity contribution in [2.24, 2.45) is 0 Å². The van der Waals surface area contributed by atoms with E-state index >= 15 is 0 Å². The summed E-state index contributed by atoms with van der Waals surface area (Å²) in [7, 11) is -4.67. The highest BCUT2D eigenvalue weighted by Gasteiger charge is 2.34. The van der Waals surface area contributed by atoms with E-state index in [9.17, 15) is 13.2 Å². The highest BCUT2D eigenvalue weighted by molar-refractivity contribution is 14.1. The Labute approximate surface area is 195 Å². The van der Waals surface area contributed by atoms with Gasteiger partial charge in [-0.05, 0) is 54.4 Å². The van der Waals surface area contributed by atoms with E-state index in [1.165, 1.54) is 37.5 Å². The number of ether oxygens (including phenoxy) is 3. The molecule has 1 aliphatic heterocycles. The molecule has 0 spiro atoms. The zero-order valence-corrected chi connectivity index (χ0v) is 21.2. The van der Waals surface area contributed by atoms with Crippen molar-refractivity contribution in [1.82, 2.24) is 0 Å². The number of cyclic esters (lactones) is 1. The van der Waals surface area contributed by atoms with E-state index in [0.717, 1.165) is 0 Å². The highest BCUT2D eigenvalue weighted by Crippen LogP contribution is 2.38. The van der Waals surface area contributed by atoms with E-state index < -0.39 is 30.7 Å². The van der Waals surface area contributed by atoms with Gasteiger partial charge in [0.1, 0.15) is 22.1 Å². The molecule has 8 nitrogen and oxygen atoms in total. The summed E-state index contributed by atoms with van der Waals surface area (Å²) >= 11 is 1.99. The van der Waals surface area contributed by atoms with Crippen LogP contribution in [0.5, 0.6) is 17.2 Å². The summed E-state index contributed by atoms with van der Waals surface area (Å²) in [5.41, 5.74) is 0. The number of rotatable bonds is 8. The fourth-order valence-corrected chi connectivity index (χ4v) is 5.06. The second-order valence-corrected chi connectivity index (χ2v) is 14.5. The average molecular weight is 576 g/mol. The summed E-state index contributed by atoms with van der Waals surface area (Å²) < 4.78 is 53.3. The second kappa shape index (κ2) is 9.08. The Balaban J connectivity index is 1.91. The SMILES string of the molecule is COc1cc(OS(=O)(=O)c2ccccc2)cc(OC2OC(=O)C=C2O[Si](C)(C)C)c1I. The van der Waals surface area contributed by atoms with Crippen LogP contribution in [-0.2, 0) is 24.1 Å². The van der Waals surface area contributed by atoms with Gasteiger partial charge >= 0.3 is 22.4 Å². The molecule has 1 aliphatic rings. The topological polar surface area (TPSA) is 97.4 Å². The number of carbonyl (C=O) groups excluding carboxylic acids is 1. The van der Waals surface area contributed by atoms with Crippen LogP contribution in [0.25, 0.3) is 0 Å². The first-order valence-corrected chi connectivity index (χ1v) is 15.0. The molecule has 0 aliphatic carbocycles. The van der Waals surface area contributed by atoms with E-state index in [-0.39, 0.29) is 22.2 Å². The van der Waals surface area contributed by atoms with Crippen molar-refractivity contribution in [2.75, 3.05) is 7.11 Å². The first-order chi connectivity index (χ1) is 14.5. The maximum Gasteiger partial charge on any atom is 0.339 e. The Morgan fingerprint density at radius 1 is 1.06 bits per heavy atom. The lowest BCUT2D eigenvalue weighted by molar-refractivity contribution is -0.150. The van der Waals surface area contributed by atoms with Gasteiger partial charge in [0.05, 0.1) is 16.8 Å². The van der Waals surface area contributed by atoms with Gasteiger partial charge in [-0.15, -0.1) is 0 Å². The molecule has 0 saturated heterocycles. The largest absolute Gasteiger partial charge is 0.542 e. The van der Waals surface area contributed by atoms with Crippen LogP contribution in [-0.4, -0.2) is 36.1 Å². The van der Waals surface area contributed by atoms with Crippen molar-refractivity contribution in [1.29, 1.82) is 0 Å². The fraction of sp³-hybridized carbons (Fsp3) is 0.250. The monoisotopic (exact) mass is 576 g/mol. The Bertz CT molecular complexity index is 1110. The normalized spacial score (nSPS) is 16.4. The summed E-state index contributed by atoms with van der Waals surface area (Å²) in [5, 5.41) is 0. The minimum atomic E-state index is -4.07. The highest BCUT2D eigenvalue weighted by atomic mass is 127. The average Bonchev–Trinajstić information content (AvgIpc) is 3.01. The molecule has 0 saturated carbocycles. The summed E-state index contributed by atoms with van der Waals surface area (Å²) in [5.74, 6) is 0.207. The van der Waals surface area contributed by atoms with Crippen molar-refractivity contribution in [2.45, 2.75) is 30.8 Å². The molecule has 0 N–H and O–H groups in total. The minimum Gasteiger partial charge on any atom is -0.542 e. The van der Waals surface area contributed by atoms with Crippen LogP contribution in [0.2, 0.25) is 19.6 Å². The van der Waals surface area contributed by atoms with Crippen LogP contribution in [0.1, 0.15) is 0 Å². The molecule has 0 radical (unpaired) electrons. The van der Waals surface area contributed by atoms with Crippen LogP contribution in [0.3, 0.4) is 0 Å². The van der Waals surface area contributed by atoms with Crippen LogP contribution >= 0.6 is 22.6 Å². The molecule has 2 aromatic rings. The quantitative estimate of drug-likeness (QED) is 0.201. The first-order valence-electron chi connectivity index (χ1n) is 9.13. The van der Waals surface area contributed by atoms with Gasteiger partial charge in [0, 0.05) is 12.1 Å². The second-order valence-electron chi connectivity index (χ2n) is 7.44. The molecule has 31 heavy (non-hydrogen) atoms. The number of halogens is 1. The standard InChI is InChI=1S/C20H21IO8SSi/c1-25-15-10-13(28-30(23,24)14-8-6-5-7-9-14)11-16(19(15)21)26-20-17(12-18(22)27-20)29-31(2,3)4/h5-12,20H,1-4H3. The van der Waals surface area contributed by atoms with Crippen molar-refractivity contribution in [3.8, 4) is 17.2 Å². The molecule has 11 heteroatoms. The van der Waals surface area contributed by atoms with E-state index in [2.05, 4.69) is 0 Å². The Kier molecular flexibility index (Phi) is 6.86. The summed E-state index contributed by atoms with van der Waals surface area (Å²) in [6.45, 7) is 5.89. The molecule has 0 fully saturated rings. The first kappa shape index (κ1) is 23.4. The van der Waals surface area contributed by atoms with Gasteiger partial charge in [-0.25, -0.2) is 4.79 Å². The van der Waals surface area contributed by atoms with Gasteiger partial charge in [0.15, 0.2) is 5.76 Å². The Hall–Kier alpha value is -2.25. The molecule has 1 unspecified atom stereocenters. The molecule has 0 amide bonds. The number of hydrogen-bond acceptors (Lipinski definition) is 8. The molecule has 3 rings (SSSR count). The molecule has 0 bridgehead atoms. The number of esters is 1. The maximum atomic E-state index is 12.6. The molecular weight excluding hydrogens is 555 g/mol. The van der Waals surface area contributed by atoms with Crippen LogP contribution < -0.4 is 13.7 Å². The smallest absolute Gasteiger partial charge is 0.339 e. The van der Waals surface area contributed by atoms with E-state index in [1.54, 1.807) is 18.2 Å². The number of carbonyl (C=O) groups is 1. The van der Waals surface area contributed by atoms with Crippen molar-refractivity contribution in [3.05, 3.63) is 57.9 Å². The third-order valence-electron chi connectivity index (χ3n) is 3.81. The number of methoxy groups -OCH3 is 1. The molecular formula is C20H21IO8SSi. The summed E-state index contributed by atoms with van der Waals surface area (Å²) in [4.78, 5) is 11.8. The van der Waals surface area contributed by atoms with Gasteiger partial charge in [0.25, 0.3) is 0 Å². The molecule has 1 atom stereocenters. The lowest BCUT2D eigenvalue weighted by atomic mass is 10.3. The molecule has 1 heterocycles. The number of benzene rings is 2. The van der Waals surface area contributed by atoms with Crippen LogP contribution in [0, 0.1) is 3.57 Å². The summed E-state index contributed by atoms with van der Waals surface area (Å²) in [6.07, 6.45) is 0.145. The third-order valence-corrected chi connectivity index (χ3v) is 6.98. The van der Waals surface area contributed by atoms with Crippen molar-refractivity contribution < 1.29 is 36.0 Å². The van der Waals surface area contributed by atoms with Gasteiger partial charge in [0.2, 0.25) is 8.32 Å². The van der Waals surface area contributed by atoms with Gasteiger partial charge in [-0.1, -0.05) is 18.2 Å². The van der Waals surface area contributed by atoms with E-state index in [0.29, 0.717) is 9.32 Å². The predicted molar refractivity (Wildman–Crippen MR) is 123 cm³/mol.